The molecule has 0 bridgehead atoms. The zero-order valence-corrected chi connectivity index (χ0v) is 10.7. The number of anilines is 1. The van der Waals surface area contributed by atoms with Crippen LogP contribution in [0.5, 0.6) is 0 Å². The minimum Gasteiger partial charge on any atom is -0.383 e. The Bertz CT molecular complexity index is 420. The van der Waals surface area contributed by atoms with Crippen molar-refractivity contribution in [3.63, 3.8) is 0 Å². The largest absolute Gasteiger partial charge is 0.383 e. The van der Waals surface area contributed by atoms with Crippen molar-refractivity contribution in [1.82, 2.24) is 10.3 Å². The second-order valence-electron chi connectivity index (χ2n) is 4.42. The molecule has 0 atom stereocenters. The number of nitrogens with zero attached hydrogens (tertiary/aromatic N) is 2. The average molecular weight is 246 g/mol. The molecule has 1 aromatic heterocycles. The summed E-state index contributed by atoms with van der Waals surface area (Å²) in [6, 6.07) is 5.37. The number of amides is 1. The molecule has 1 rings (SSSR count). The number of aromatic nitrogens is 1. The molecule has 5 heteroatoms. The Morgan fingerprint density at radius 2 is 2.28 bits per heavy atom. The Hall–Kier alpha value is -2.09. The van der Waals surface area contributed by atoms with Crippen LogP contribution in [0.2, 0.25) is 0 Å². The molecule has 1 heterocycles. The van der Waals surface area contributed by atoms with Gasteiger partial charge in [0.05, 0.1) is 11.9 Å². The van der Waals surface area contributed by atoms with Gasteiger partial charge < -0.3 is 10.6 Å². The van der Waals surface area contributed by atoms with Gasteiger partial charge in [-0.15, -0.1) is 0 Å². The molecular weight excluding hydrogens is 228 g/mol. The summed E-state index contributed by atoms with van der Waals surface area (Å²) in [4.78, 5) is 15.4. The van der Waals surface area contributed by atoms with Gasteiger partial charge in [0.15, 0.2) is 0 Å². The average Bonchev–Trinajstić information content (AvgIpc) is 2.37. The molecule has 1 amide bonds. The third-order valence-corrected chi connectivity index (χ3v) is 2.27. The zero-order chi connectivity index (χ0) is 13.4. The summed E-state index contributed by atoms with van der Waals surface area (Å²) in [6.07, 6.45) is 2.01. The Morgan fingerprint density at radius 1 is 1.50 bits per heavy atom. The first kappa shape index (κ1) is 14.0. The quantitative estimate of drug-likeness (QED) is 0.798. The van der Waals surface area contributed by atoms with Gasteiger partial charge in [0.1, 0.15) is 11.8 Å². The maximum atomic E-state index is 11.4. The highest BCUT2D eigenvalue weighted by molar-refractivity contribution is 5.76. The molecule has 18 heavy (non-hydrogen) atoms. The number of hydrogen-bond acceptors (Lipinski definition) is 4. The molecule has 0 unspecified atom stereocenters. The van der Waals surface area contributed by atoms with Crippen LogP contribution in [-0.4, -0.2) is 24.0 Å². The van der Waals surface area contributed by atoms with Crippen LogP contribution in [0.3, 0.4) is 0 Å². The molecule has 0 saturated heterocycles. The van der Waals surface area contributed by atoms with E-state index in [0.29, 0.717) is 31.1 Å². The van der Waals surface area contributed by atoms with E-state index in [2.05, 4.69) is 29.5 Å². The summed E-state index contributed by atoms with van der Waals surface area (Å²) < 4.78 is 0. The normalized spacial score (nSPS) is 9.89. The number of rotatable bonds is 6. The summed E-state index contributed by atoms with van der Waals surface area (Å²) in [7, 11) is 0. The van der Waals surface area contributed by atoms with Crippen molar-refractivity contribution >= 4 is 11.6 Å². The second-order valence-corrected chi connectivity index (χ2v) is 4.42. The summed E-state index contributed by atoms with van der Waals surface area (Å²) in [5.41, 5.74) is 1.20. The smallest absolute Gasteiger partial charge is 0.221 e. The standard InChI is InChI=1S/C13H18N4O/c1-10(2)8-17-13(18)5-6-15-12-4-3-11(7-14)16-9-12/h3-4,9-10,15H,5-6,8H2,1-2H3,(H,17,18). The van der Waals surface area contributed by atoms with Crippen molar-refractivity contribution in [2.75, 3.05) is 18.4 Å². The SMILES string of the molecule is CC(C)CNC(=O)CCNc1ccc(C#N)nc1. The molecule has 5 nitrogen and oxygen atoms in total. The van der Waals surface area contributed by atoms with Gasteiger partial charge in [-0.05, 0) is 18.1 Å². The molecule has 1 aromatic rings. The van der Waals surface area contributed by atoms with E-state index in [0.717, 1.165) is 5.69 Å². The molecule has 0 aromatic carbocycles. The predicted octanol–water partition coefficient (Wildman–Crippen LogP) is 1.53. The third-order valence-electron chi connectivity index (χ3n) is 2.27. The molecule has 0 saturated carbocycles. The van der Waals surface area contributed by atoms with Crippen LogP contribution in [0.15, 0.2) is 18.3 Å². The molecule has 0 aliphatic carbocycles. The van der Waals surface area contributed by atoms with Crippen LogP contribution < -0.4 is 10.6 Å². The Morgan fingerprint density at radius 3 is 2.83 bits per heavy atom. The van der Waals surface area contributed by atoms with E-state index >= 15 is 0 Å². The van der Waals surface area contributed by atoms with Crippen molar-refractivity contribution in [2.24, 2.45) is 5.92 Å². The molecule has 0 spiro atoms. The number of carbonyl (C=O) groups excluding carboxylic acids is 1. The first-order valence-electron chi connectivity index (χ1n) is 5.98. The number of pyridine rings is 1. The highest BCUT2D eigenvalue weighted by Crippen LogP contribution is 2.05. The maximum absolute atomic E-state index is 11.4. The molecular formula is C13H18N4O. The number of nitrogens with one attached hydrogen (secondary N) is 2. The van der Waals surface area contributed by atoms with Crippen LogP contribution in [-0.2, 0) is 4.79 Å². The van der Waals surface area contributed by atoms with E-state index < -0.39 is 0 Å². The van der Waals surface area contributed by atoms with Crippen LogP contribution in [0.25, 0.3) is 0 Å². The lowest BCUT2D eigenvalue weighted by molar-refractivity contribution is -0.120. The minimum absolute atomic E-state index is 0.0396. The van der Waals surface area contributed by atoms with Gasteiger partial charge in [-0.2, -0.15) is 5.26 Å². The van der Waals surface area contributed by atoms with E-state index in [1.54, 1.807) is 18.3 Å². The fourth-order valence-electron chi connectivity index (χ4n) is 1.29. The van der Waals surface area contributed by atoms with E-state index in [-0.39, 0.29) is 5.91 Å². The van der Waals surface area contributed by atoms with Crippen molar-refractivity contribution in [3.05, 3.63) is 24.0 Å². The van der Waals surface area contributed by atoms with Crippen LogP contribution >= 0.6 is 0 Å². The minimum atomic E-state index is 0.0396. The van der Waals surface area contributed by atoms with Gasteiger partial charge >= 0.3 is 0 Å². The fraction of sp³-hybridized carbons (Fsp3) is 0.462. The first-order chi connectivity index (χ1) is 8.61. The lowest BCUT2D eigenvalue weighted by Crippen LogP contribution is -2.28. The van der Waals surface area contributed by atoms with E-state index in [1.165, 1.54) is 0 Å². The highest BCUT2D eigenvalue weighted by Gasteiger charge is 2.02. The number of nitriles is 1. The maximum Gasteiger partial charge on any atom is 0.221 e. The Kier molecular flexibility index (Phi) is 5.65. The summed E-state index contributed by atoms with van der Waals surface area (Å²) in [5.74, 6) is 0.502. The lowest BCUT2D eigenvalue weighted by Gasteiger charge is -2.08. The van der Waals surface area contributed by atoms with Gasteiger partial charge in [0, 0.05) is 19.5 Å². The fourth-order valence-corrected chi connectivity index (χ4v) is 1.29. The Balaban J connectivity index is 2.24. The molecule has 96 valence electrons. The number of hydrogen-bond donors (Lipinski definition) is 2. The van der Waals surface area contributed by atoms with Crippen molar-refractivity contribution in [3.8, 4) is 6.07 Å². The molecule has 2 N–H and O–H groups in total. The lowest BCUT2D eigenvalue weighted by atomic mass is 10.2. The van der Waals surface area contributed by atoms with E-state index in [9.17, 15) is 4.79 Å². The van der Waals surface area contributed by atoms with Crippen LogP contribution in [0.4, 0.5) is 5.69 Å². The summed E-state index contributed by atoms with van der Waals surface area (Å²) in [6.45, 7) is 5.37. The van der Waals surface area contributed by atoms with Crippen molar-refractivity contribution in [1.29, 1.82) is 5.26 Å². The molecule has 0 fully saturated rings. The molecule has 0 aliphatic heterocycles. The Labute approximate surface area is 107 Å². The van der Waals surface area contributed by atoms with Crippen LogP contribution in [0.1, 0.15) is 26.0 Å². The van der Waals surface area contributed by atoms with E-state index in [4.69, 9.17) is 5.26 Å². The van der Waals surface area contributed by atoms with Crippen molar-refractivity contribution in [2.45, 2.75) is 20.3 Å². The summed E-state index contributed by atoms with van der Waals surface area (Å²) in [5, 5.41) is 14.5. The predicted molar refractivity (Wildman–Crippen MR) is 69.9 cm³/mol. The second kappa shape index (κ2) is 7.28. The van der Waals surface area contributed by atoms with E-state index in [1.807, 2.05) is 6.07 Å². The van der Waals surface area contributed by atoms with Gasteiger partial charge in [0.2, 0.25) is 5.91 Å². The molecule has 0 aliphatic rings. The molecule has 0 radical (unpaired) electrons. The van der Waals surface area contributed by atoms with Gasteiger partial charge in [0.25, 0.3) is 0 Å². The van der Waals surface area contributed by atoms with Crippen LogP contribution in [0, 0.1) is 17.2 Å². The first-order valence-corrected chi connectivity index (χ1v) is 5.98. The van der Waals surface area contributed by atoms with Gasteiger partial charge in [-0.3, -0.25) is 4.79 Å². The zero-order valence-electron chi connectivity index (χ0n) is 10.7. The third kappa shape index (κ3) is 5.30. The van der Waals surface area contributed by atoms with Gasteiger partial charge in [-0.1, -0.05) is 13.8 Å². The summed E-state index contributed by atoms with van der Waals surface area (Å²) >= 11 is 0. The van der Waals surface area contributed by atoms with Crippen molar-refractivity contribution < 1.29 is 4.79 Å². The highest BCUT2D eigenvalue weighted by atomic mass is 16.1. The van der Waals surface area contributed by atoms with Gasteiger partial charge in [-0.25, -0.2) is 4.98 Å². The number of carbonyl (C=O) groups is 1. The monoisotopic (exact) mass is 246 g/mol. The topological polar surface area (TPSA) is 77.8 Å².